The molecule has 0 atom stereocenters. The molecule has 8 heteroatoms. The van der Waals surface area contributed by atoms with Gasteiger partial charge in [-0.1, -0.05) is 30.3 Å². The van der Waals surface area contributed by atoms with E-state index in [1.807, 2.05) is 30.3 Å². The van der Waals surface area contributed by atoms with Gasteiger partial charge in [-0.25, -0.2) is 8.78 Å². The molecule has 6 nitrogen and oxygen atoms in total. The summed E-state index contributed by atoms with van der Waals surface area (Å²) in [6.07, 6.45) is 3.36. The minimum atomic E-state index is -1.13. The van der Waals surface area contributed by atoms with Crippen LogP contribution in [0.1, 0.15) is 18.4 Å². The number of piperidine rings is 1. The molecule has 3 aromatic carbocycles. The lowest BCUT2D eigenvalue weighted by Crippen LogP contribution is -2.61. The van der Waals surface area contributed by atoms with E-state index in [1.165, 1.54) is 18.2 Å². The highest BCUT2D eigenvalue weighted by atomic mass is 19.2. The van der Waals surface area contributed by atoms with Crippen LogP contribution < -0.4 is 20.7 Å². The number of carbonyl (C=O) groups excluding carboxylic acids is 2. The molecule has 0 saturated carbocycles. The van der Waals surface area contributed by atoms with Gasteiger partial charge in [0.1, 0.15) is 17.0 Å². The fourth-order valence-electron chi connectivity index (χ4n) is 3.84. The van der Waals surface area contributed by atoms with Gasteiger partial charge in [-0.2, -0.15) is 0 Å². The summed E-state index contributed by atoms with van der Waals surface area (Å²) in [5.74, 6) is -1.58. The van der Waals surface area contributed by atoms with Crippen molar-refractivity contribution in [3.05, 3.63) is 96.1 Å². The lowest BCUT2D eigenvalue weighted by atomic mass is 9.87. The van der Waals surface area contributed by atoms with Crippen molar-refractivity contribution in [2.75, 3.05) is 18.4 Å². The molecule has 3 N–H and O–H groups in total. The predicted molar refractivity (Wildman–Crippen MR) is 130 cm³/mol. The van der Waals surface area contributed by atoms with Crippen LogP contribution in [0.4, 0.5) is 14.5 Å². The Morgan fingerprint density at radius 3 is 2.37 bits per heavy atom. The average molecular weight is 478 g/mol. The number of anilines is 1. The van der Waals surface area contributed by atoms with Gasteiger partial charge in [-0.15, -0.1) is 0 Å². The lowest BCUT2D eigenvalue weighted by molar-refractivity contribution is -0.129. The standard InChI is InChI=1S/C27H25F2N3O3/c28-23-11-9-19(17-24(23)29)10-12-25(33)32-27(13-15-30-16-14-27)26(34)31-20-5-4-8-22(18-20)35-21-6-2-1-3-7-21/h1-12,17-18,30H,13-16H2,(H,31,34)(H,32,33). The first-order valence-electron chi connectivity index (χ1n) is 11.2. The molecule has 2 amide bonds. The Kier molecular flexibility index (Phi) is 7.52. The highest BCUT2D eigenvalue weighted by Gasteiger charge is 2.40. The summed E-state index contributed by atoms with van der Waals surface area (Å²) < 4.78 is 32.4. The molecule has 1 saturated heterocycles. The van der Waals surface area contributed by atoms with E-state index < -0.39 is 23.1 Å². The molecule has 35 heavy (non-hydrogen) atoms. The van der Waals surface area contributed by atoms with E-state index in [0.29, 0.717) is 48.7 Å². The normalized spacial score (nSPS) is 14.9. The molecular weight excluding hydrogens is 452 g/mol. The van der Waals surface area contributed by atoms with E-state index in [0.717, 1.165) is 12.1 Å². The molecule has 180 valence electrons. The topological polar surface area (TPSA) is 79.5 Å². The Hall–Kier alpha value is -4.04. The molecule has 0 radical (unpaired) electrons. The number of hydrogen-bond donors (Lipinski definition) is 3. The summed E-state index contributed by atoms with van der Waals surface area (Å²) in [5, 5.41) is 8.91. The van der Waals surface area contributed by atoms with E-state index >= 15 is 0 Å². The SMILES string of the molecule is O=C(C=Cc1ccc(F)c(F)c1)NC1(C(=O)Nc2cccc(Oc3ccccc3)c2)CCNCC1. The summed E-state index contributed by atoms with van der Waals surface area (Å²) >= 11 is 0. The number of rotatable bonds is 7. The van der Waals surface area contributed by atoms with Gasteiger partial charge in [0.25, 0.3) is 0 Å². The van der Waals surface area contributed by atoms with E-state index in [2.05, 4.69) is 16.0 Å². The van der Waals surface area contributed by atoms with Crippen LogP contribution in [0.15, 0.2) is 78.9 Å². The molecule has 1 aliphatic heterocycles. The minimum absolute atomic E-state index is 0.332. The van der Waals surface area contributed by atoms with E-state index in [-0.39, 0.29) is 5.91 Å². The summed E-state index contributed by atoms with van der Waals surface area (Å²) in [5.41, 5.74) is -0.261. The van der Waals surface area contributed by atoms with Gasteiger partial charge in [-0.3, -0.25) is 9.59 Å². The number of carbonyl (C=O) groups is 2. The van der Waals surface area contributed by atoms with Gasteiger partial charge >= 0.3 is 0 Å². The van der Waals surface area contributed by atoms with Crippen LogP contribution in [0.2, 0.25) is 0 Å². The van der Waals surface area contributed by atoms with Crippen molar-refractivity contribution in [3.8, 4) is 11.5 Å². The summed E-state index contributed by atoms with van der Waals surface area (Å²) in [6.45, 7) is 1.11. The van der Waals surface area contributed by atoms with Gasteiger partial charge in [-0.05, 0) is 74.0 Å². The molecule has 4 rings (SSSR count). The maximum Gasteiger partial charge on any atom is 0.250 e. The summed E-state index contributed by atoms with van der Waals surface area (Å²) in [6, 6.07) is 19.7. The van der Waals surface area contributed by atoms with Gasteiger partial charge in [0.15, 0.2) is 11.6 Å². The van der Waals surface area contributed by atoms with Crippen molar-refractivity contribution < 1.29 is 23.1 Å². The first kappa shape index (κ1) is 24.1. The zero-order chi connectivity index (χ0) is 24.7. The predicted octanol–water partition coefficient (Wildman–Crippen LogP) is 4.65. The highest BCUT2D eigenvalue weighted by molar-refractivity contribution is 6.03. The number of benzene rings is 3. The molecule has 0 aromatic heterocycles. The van der Waals surface area contributed by atoms with Crippen molar-refractivity contribution in [3.63, 3.8) is 0 Å². The first-order valence-corrected chi connectivity index (χ1v) is 11.2. The van der Waals surface area contributed by atoms with Crippen LogP contribution in [0.3, 0.4) is 0 Å². The zero-order valence-corrected chi connectivity index (χ0v) is 18.9. The summed E-state index contributed by atoms with van der Waals surface area (Å²) in [4.78, 5) is 26.0. The van der Waals surface area contributed by atoms with Gasteiger partial charge in [0.05, 0.1) is 0 Å². The number of para-hydroxylation sites is 1. The van der Waals surface area contributed by atoms with Crippen molar-refractivity contribution in [2.45, 2.75) is 18.4 Å². The van der Waals surface area contributed by atoms with Crippen LogP contribution in [0.5, 0.6) is 11.5 Å². The molecule has 1 fully saturated rings. The van der Waals surface area contributed by atoms with E-state index in [4.69, 9.17) is 4.74 Å². The van der Waals surface area contributed by atoms with Gasteiger partial charge in [0.2, 0.25) is 11.8 Å². The van der Waals surface area contributed by atoms with E-state index in [1.54, 1.807) is 24.3 Å². The largest absolute Gasteiger partial charge is 0.457 e. The number of nitrogens with one attached hydrogen (secondary N) is 3. The van der Waals surface area contributed by atoms with Crippen molar-refractivity contribution in [2.24, 2.45) is 0 Å². The second-order valence-corrected chi connectivity index (χ2v) is 8.23. The Bertz CT molecular complexity index is 1230. The number of halogens is 2. The maximum absolute atomic E-state index is 13.4. The molecular formula is C27H25F2N3O3. The monoisotopic (exact) mass is 477 g/mol. The van der Waals surface area contributed by atoms with Crippen LogP contribution in [-0.4, -0.2) is 30.4 Å². The van der Waals surface area contributed by atoms with Gasteiger partial charge in [0, 0.05) is 17.8 Å². The molecule has 0 spiro atoms. The van der Waals surface area contributed by atoms with Crippen molar-refractivity contribution in [1.29, 1.82) is 0 Å². The quantitative estimate of drug-likeness (QED) is 0.433. The van der Waals surface area contributed by atoms with Crippen molar-refractivity contribution >= 4 is 23.6 Å². The van der Waals surface area contributed by atoms with Crippen molar-refractivity contribution in [1.82, 2.24) is 10.6 Å². The first-order chi connectivity index (χ1) is 16.9. The van der Waals surface area contributed by atoms with Crippen LogP contribution in [-0.2, 0) is 9.59 Å². The zero-order valence-electron chi connectivity index (χ0n) is 18.9. The highest BCUT2D eigenvalue weighted by Crippen LogP contribution is 2.26. The summed E-state index contributed by atoms with van der Waals surface area (Å²) in [7, 11) is 0. The number of amides is 2. The third-order valence-electron chi connectivity index (χ3n) is 5.70. The fourth-order valence-corrected chi connectivity index (χ4v) is 3.84. The number of ether oxygens (including phenoxy) is 1. The maximum atomic E-state index is 13.4. The molecule has 0 aliphatic carbocycles. The molecule has 3 aromatic rings. The molecule has 0 unspecified atom stereocenters. The molecule has 1 aliphatic rings. The Balaban J connectivity index is 1.46. The fraction of sp³-hybridized carbons (Fsp3) is 0.185. The Morgan fingerprint density at radius 1 is 0.886 bits per heavy atom. The third-order valence-corrected chi connectivity index (χ3v) is 5.70. The lowest BCUT2D eigenvalue weighted by Gasteiger charge is -2.36. The van der Waals surface area contributed by atoms with Crippen LogP contribution >= 0.6 is 0 Å². The Labute approximate surface area is 202 Å². The number of hydrogen-bond acceptors (Lipinski definition) is 4. The van der Waals surface area contributed by atoms with Crippen LogP contribution in [0, 0.1) is 11.6 Å². The van der Waals surface area contributed by atoms with Crippen LogP contribution in [0.25, 0.3) is 6.08 Å². The molecule has 0 bridgehead atoms. The Morgan fingerprint density at radius 2 is 1.63 bits per heavy atom. The second-order valence-electron chi connectivity index (χ2n) is 8.23. The third kappa shape index (κ3) is 6.30. The van der Waals surface area contributed by atoms with E-state index in [9.17, 15) is 18.4 Å². The molecule has 1 heterocycles. The second kappa shape index (κ2) is 10.9. The minimum Gasteiger partial charge on any atom is -0.457 e. The smallest absolute Gasteiger partial charge is 0.250 e. The van der Waals surface area contributed by atoms with Gasteiger partial charge < -0.3 is 20.7 Å². The average Bonchev–Trinajstić information content (AvgIpc) is 2.86.